The number of nitrogens with one attached hydrogen (secondary N) is 1. The van der Waals surface area contributed by atoms with Crippen LogP contribution in [0.3, 0.4) is 0 Å². The van der Waals surface area contributed by atoms with Gasteiger partial charge < -0.3 is 10.2 Å². The van der Waals surface area contributed by atoms with E-state index in [1.165, 1.54) is 5.56 Å². The minimum absolute atomic E-state index is 0.880. The van der Waals surface area contributed by atoms with Gasteiger partial charge >= 0.3 is 0 Å². The van der Waals surface area contributed by atoms with Crippen molar-refractivity contribution in [2.45, 2.75) is 13.8 Å². The van der Waals surface area contributed by atoms with Gasteiger partial charge in [-0.1, -0.05) is 18.2 Å². The van der Waals surface area contributed by atoms with E-state index in [4.69, 9.17) is 0 Å². The minimum atomic E-state index is 0.880. The molecule has 0 aliphatic rings. The lowest BCUT2D eigenvalue weighted by Crippen LogP contribution is -2.12. The fraction of sp³-hybridized carbons (Fsp3) is 0.267. The lowest BCUT2D eigenvalue weighted by molar-refractivity contribution is 1.10. The summed E-state index contributed by atoms with van der Waals surface area (Å²) >= 11 is 0. The Hall–Kier alpha value is -2.03. The van der Waals surface area contributed by atoms with E-state index in [0.29, 0.717) is 0 Å². The predicted octanol–water partition coefficient (Wildman–Crippen LogP) is 3.59. The quantitative estimate of drug-likeness (QED) is 0.886. The lowest BCUT2D eigenvalue weighted by Gasteiger charge is -2.19. The van der Waals surface area contributed by atoms with Crippen LogP contribution < -0.4 is 10.2 Å². The number of aromatic nitrogens is 1. The molecule has 0 fully saturated rings. The highest BCUT2D eigenvalue weighted by atomic mass is 15.2. The molecule has 1 aromatic carbocycles. The van der Waals surface area contributed by atoms with Crippen LogP contribution in [0.25, 0.3) is 0 Å². The van der Waals surface area contributed by atoms with Crippen molar-refractivity contribution in [1.82, 2.24) is 4.98 Å². The smallest absolute Gasteiger partial charge is 0.135 e. The zero-order valence-electron chi connectivity index (χ0n) is 11.1. The lowest BCUT2D eigenvalue weighted by atomic mass is 10.2. The molecule has 3 heteroatoms. The molecule has 2 rings (SSSR count). The third kappa shape index (κ3) is 2.80. The molecular formula is C15H19N3. The average molecular weight is 241 g/mol. The maximum atomic E-state index is 4.58. The number of pyridine rings is 1. The average Bonchev–Trinajstić information content (AvgIpc) is 2.39. The summed E-state index contributed by atoms with van der Waals surface area (Å²) in [5, 5.41) is 3.23. The summed E-state index contributed by atoms with van der Waals surface area (Å²) in [6.07, 6.45) is 0. The second kappa shape index (κ2) is 5.54. The van der Waals surface area contributed by atoms with Crippen molar-refractivity contribution in [3.8, 4) is 0 Å². The summed E-state index contributed by atoms with van der Waals surface area (Å²) in [5.41, 5.74) is 2.40. The Morgan fingerprint density at radius 3 is 2.67 bits per heavy atom. The third-order valence-corrected chi connectivity index (χ3v) is 2.82. The van der Waals surface area contributed by atoms with Crippen LogP contribution in [0.4, 0.5) is 17.3 Å². The Balaban J connectivity index is 2.27. The fourth-order valence-corrected chi connectivity index (χ4v) is 1.86. The van der Waals surface area contributed by atoms with E-state index in [2.05, 4.69) is 53.3 Å². The zero-order chi connectivity index (χ0) is 13.0. The van der Waals surface area contributed by atoms with Crippen LogP contribution >= 0.6 is 0 Å². The number of hydrogen-bond acceptors (Lipinski definition) is 3. The molecule has 1 aromatic heterocycles. The second-order valence-electron chi connectivity index (χ2n) is 4.31. The van der Waals surface area contributed by atoms with Gasteiger partial charge in [-0.25, -0.2) is 4.98 Å². The van der Waals surface area contributed by atoms with E-state index in [9.17, 15) is 0 Å². The highest BCUT2D eigenvalue weighted by molar-refractivity contribution is 5.61. The van der Waals surface area contributed by atoms with Crippen LogP contribution in [0.15, 0.2) is 42.5 Å². The number of nitrogens with zero attached hydrogens (tertiary/aromatic N) is 2. The highest BCUT2D eigenvalue weighted by Crippen LogP contribution is 2.23. The maximum absolute atomic E-state index is 4.58. The van der Waals surface area contributed by atoms with E-state index in [1.54, 1.807) is 0 Å². The van der Waals surface area contributed by atoms with Crippen LogP contribution in [-0.4, -0.2) is 18.6 Å². The molecule has 0 spiro atoms. The van der Waals surface area contributed by atoms with Gasteiger partial charge in [-0.15, -0.1) is 0 Å². The summed E-state index contributed by atoms with van der Waals surface area (Å²) < 4.78 is 0. The van der Waals surface area contributed by atoms with Gasteiger partial charge in [0.2, 0.25) is 0 Å². The Kier molecular flexibility index (Phi) is 3.82. The van der Waals surface area contributed by atoms with Crippen molar-refractivity contribution >= 4 is 17.3 Å². The van der Waals surface area contributed by atoms with Crippen molar-refractivity contribution in [2.24, 2.45) is 0 Å². The highest BCUT2D eigenvalue weighted by Gasteiger charge is 2.05. The van der Waals surface area contributed by atoms with Gasteiger partial charge in [0.15, 0.2) is 0 Å². The largest absolute Gasteiger partial charge is 0.370 e. The molecule has 0 atom stereocenters. The Morgan fingerprint density at radius 2 is 1.94 bits per heavy atom. The minimum Gasteiger partial charge on any atom is -0.370 e. The Labute approximate surface area is 108 Å². The van der Waals surface area contributed by atoms with Crippen LogP contribution in [-0.2, 0) is 0 Å². The molecule has 0 unspecified atom stereocenters. The molecule has 0 aliphatic heterocycles. The molecule has 0 saturated carbocycles. The molecule has 18 heavy (non-hydrogen) atoms. The first-order chi connectivity index (χ1) is 8.70. The molecule has 3 nitrogen and oxygen atoms in total. The molecule has 94 valence electrons. The molecule has 0 saturated heterocycles. The molecule has 0 aliphatic carbocycles. The van der Waals surface area contributed by atoms with Crippen LogP contribution in [0.2, 0.25) is 0 Å². The summed E-state index contributed by atoms with van der Waals surface area (Å²) in [6, 6.07) is 14.4. The Morgan fingerprint density at radius 1 is 1.17 bits per heavy atom. The van der Waals surface area contributed by atoms with E-state index < -0.39 is 0 Å². The summed E-state index contributed by atoms with van der Waals surface area (Å²) in [7, 11) is 2.03. The zero-order valence-corrected chi connectivity index (χ0v) is 11.1. The van der Waals surface area contributed by atoms with Gasteiger partial charge in [0.1, 0.15) is 11.6 Å². The monoisotopic (exact) mass is 241 g/mol. The first-order valence-electron chi connectivity index (χ1n) is 6.22. The van der Waals surface area contributed by atoms with Crippen molar-refractivity contribution in [2.75, 3.05) is 23.8 Å². The fourth-order valence-electron chi connectivity index (χ4n) is 1.86. The number of benzene rings is 1. The summed E-state index contributed by atoms with van der Waals surface area (Å²) in [5.74, 6) is 1.86. The second-order valence-corrected chi connectivity index (χ2v) is 4.31. The number of aryl methyl sites for hydroxylation is 1. The van der Waals surface area contributed by atoms with Gasteiger partial charge in [0, 0.05) is 19.3 Å². The summed E-state index contributed by atoms with van der Waals surface area (Å²) in [6.45, 7) is 5.04. The number of rotatable bonds is 4. The van der Waals surface area contributed by atoms with Gasteiger partial charge in [0.05, 0.1) is 0 Å². The molecule has 0 bridgehead atoms. The third-order valence-electron chi connectivity index (χ3n) is 2.82. The normalized spacial score (nSPS) is 10.2. The van der Waals surface area contributed by atoms with Crippen LogP contribution in [0.5, 0.6) is 0 Å². The Bertz CT molecular complexity index is 523. The van der Waals surface area contributed by atoms with Gasteiger partial charge in [-0.3, -0.25) is 0 Å². The predicted molar refractivity (Wildman–Crippen MR) is 77.6 cm³/mol. The van der Waals surface area contributed by atoms with Crippen molar-refractivity contribution < 1.29 is 0 Å². The topological polar surface area (TPSA) is 28.2 Å². The molecular weight excluding hydrogens is 222 g/mol. The van der Waals surface area contributed by atoms with Crippen LogP contribution in [0, 0.1) is 6.92 Å². The molecule has 1 heterocycles. The molecule has 2 aromatic rings. The molecule has 0 amide bonds. The SMILES string of the molecule is CCNc1cccc(N(C)c2cccc(C)c2)n1. The van der Waals surface area contributed by atoms with Gasteiger partial charge in [0.25, 0.3) is 0 Å². The van der Waals surface area contributed by atoms with Gasteiger partial charge in [-0.2, -0.15) is 0 Å². The first-order valence-corrected chi connectivity index (χ1v) is 6.22. The first kappa shape index (κ1) is 12.4. The number of anilines is 3. The maximum Gasteiger partial charge on any atom is 0.135 e. The van der Waals surface area contributed by atoms with E-state index >= 15 is 0 Å². The standard InChI is InChI=1S/C15H19N3/c1-4-16-14-9-6-10-15(17-14)18(3)13-8-5-7-12(2)11-13/h5-11H,4H2,1-3H3,(H,16,17). The molecule has 1 N–H and O–H groups in total. The van der Waals surface area contributed by atoms with Crippen molar-refractivity contribution in [1.29, 1.82) is 0 Å². The van der Waals surface area contributed by atoms with E-state index in [0.717, 1.165) is 23.9 Å². The number of hydrogen-bond donors (Lipinski definition) is 1. The summed E-state index contributed by atoms with van der Waals surface area (Å²) in [4.78, 5) is 6.67. The van der Waals surface area contributed by atoms with E-state index in [1.807, 2.05) is 25.2 Å². The van der Waals surface area contributed by atoms with E-state index in [-0.39, 0.29) is 0 Å². The van der Waals surface area contributed by atoms with Crippen molar-refractivity contribution in [3.05, 3.63) is 48.0 Å². The molecule has 0 radical (unpaired) electrons. The van der Waals surface area contributed by atoms with Crippen LogP contribution in [0.1, 0.15) is 12.5 Å². The van der Waals surface area contributed by atoms with Crippen molar-refractivity contribution in [3.63, 3.8) is 0 Å². The van der Waals surface area contributed by atoms with Gasteiger partial charge in [-0.05, 0) is 43.7 Å².